The van der Waals surface area contributed by atoms with E-state index in [1.807, 2.05) is 49.4 Å². The molecule has 0 saturated carbocycles. The minimum atomic E-state index is -0.417. The molecule has 1 atom stereocenters. The van der Waals surface area contributed by atoms with Crippen molar-refractivity contribution in [1.29, 1.82) is 0 Å². The molecule has 0 spiro atoms. The highest BCUT2D eigenvalue weighted by molar-refractivity contribution is 5.95. The maximum atomic E-state index is 12.4. The number of fused-ring (bicyclic) bond motifs is 1. The van der Waals surface area contributed by atoms with Crippen molar-refractivity contribution in [2.45, 2.75) is 26.3 Å². The van der Waals surface area contributed by atoms with Gasteiger partial charge in [0.1, 0.15) is 0 Å². The van der Waals surface area contributed by atoms with Gasteiger partial charge in [-0.1, -0.05) is 42.0 Å². The number of nitrogens with one attached hydrogen (secondary N) is 2. The third kappa shape index (κ3) is 4.23. The van der Waals surface area contributed by atoms with Gasteiger partial charge in [-0.2, -0.15) is 0 Å². The highest BCUT2D eigenvalue weighted by Crippen LogP contribution is 2.32. The van der Waals surface area contributed by atoms with Crippen LogP contribution in [0.2, 0.25) is 0 Å². The van der Waals surface area contributed by atoms with Gasteiger partial charge in [-0.3, -0.25) is 25.2 Å². The Morgan fingerprint density at radius 3 is 2.41 bits per heavy atom. The van der Waals surface area contributed by atoms with Crippen LogP contribution in [-0.2, 0) is 9.59 Å². The molecule has 0 saturated heterocycles. The molecule has 3 amide bonds. The first-order valence-corrected chi connectivity index (χ1v) is 8.67. The average molecular weight is 363 g/mol. The van der Waals surface area contributed by atoms with Gasteiger partial charge in [0.2, 0.25) is 11.8 Å². The lowest BCUT2D eigenvalue weighted by Crippen LogP contribution is -2.43. The molecule has 0 aliphatic carbocycles. The Morgan fingerprint density at radius 2 is 1.70 bits per heavy atom. The van der Waals surface area contributed by atoms with Crippen LogP contribution in [0.25, 0.3) is 6.08 Å². The van der Waals surface area contributed by atoms with Gasteiger partial charge in [0.05, 0.1) is 12.5 Å². The summed E-state index contributed by atoms with van der Waals surface area (Å²) in [5.41, 5.74) is 8.22. The van der Waals surface area contributed by atoms with Crippen LogP contribution in [0.15, 0.2) is 54.7 Å². The topological polar surface area (TPSA) is 78.5 Å². The van der Waals surface area contributed by atoms with E-state index in [1.165, 1.54) is 11.8 Å². The molecule has 2 aromatic carbocycles. The minimum absolute atomic E-state index is 0.0368. The van der Waals surface area contributed by atoms with E-state index in [-0.39, 0.29) is 18.2 Å². The maximum Gasteiger partial charge on any atom is 0.269 e. The summed E-state index contributed by atoms with van der Waals surface area (Å²) in [4.78, 5) is 38.0. The molecule has 6 nitrogen and oxygen atoms in total. The number of amides is 3. The Hall–Kier alpha value is -3.41. The number of hydrogen-bond donors (Lipinski definition) is 2. The van der Waals surface area contributed by atoms with Crippen LogP contribution < -0.4 is 10.9 Å². The second kappa shape index (κ2) is 7.86. The Bertz CT molecular complexity index is 903. The lowest BCUT2D eigenvalue weighted by atomic mass is 9.93. The molecule has 0 bridgehead atoms. The largest absolute Gasteiger partial charge is 0.311 e. The first-order chi connectivity index (χ1) is 13.0. The predicted molar refractivity (Wildman–Crippen MR) is 102 cm³/mol. The van der Waals surface area contributed by atoms with E-state index in [4.69, 9.17) is 0 Å². The van der Waals surface area contributed by atoms with Crippen molar-refractivity contribution in [2.24, 2.45) is 0 Å². The van der Waals surface area contributed by atoms with Gasteiger partial charge >= 0.3 is 0 Å². The Labute approximate surface area is 157 Å². The summed E-state index contributed by atoms with van der Waals surface area (Å²) >= 11 is 0. The number of carbonyl (C=O) groups is 3. The molecular formula is C21H21N3O3. The highest BCUT2D eigenvalue weighted by Gasteiger charge is 2.28. The van der Waals surface area contributed by atoms with Crippen LogP contribution in [0.4, 0.5) is 0 Å². The Balaban J connectivity index is 1.67. The molecule has 6 heteroatoms. The second-order valence-electron chi connectivity index (χ2n) is 6.46. The van der Waals surface area contributed by atoms with Crippen LogP contribution >= 0.6 is 0 Å². The monoisotopic (exact) mass is 363 g/mol. The number of rotatable bonds is 3. The van der Waals surface area contributed by atoms with E-state index in [0.29, 0.717) is 5.56 Å². The molecule has 27 heavy (non-hydrogen) atoms. The third-order valence-corrected chi connectivity index (χ3v) is 4.48. The van der Waals surface area contributed by atoms with Gasteiger partial charge in [-0.25, -0.2) is 0 Å². The van der Waals surface area contributed by atoms with E-state index in [2.05, 4.69) is 10.9 Å². The van der Waals surface area contributed by atoms with E-state index < -0.39 is 11.9 Å². The third-order valence-electron chi connectivity index (χ3n) is 4.48. The molecule has 0 radical (unpaired) electrons. The highest BCUT2D eigenvalue weighted by atomic mass is 16.2. The van der Waals surface area contributed by atoms with Crippen molar-refractivity contribution in [2.75, 3.05) is 0 Å². The minimum Gasteiger partial charge on any atom is -0.311 e. The molecular weight excluding hydrogens is 342 g/mol. The molecule has 2 N–H and O–H groups in total. The van der Waals surface area contributed by atoms with Crippen molar-refractivity contribution in [3.63, 3.8) is 0 Å². The van der Waals surface area contributed by atoms with Gasteiger partial charge in [0.25, 0.3) is 5.91 Å². The van der Waals surface area contributed by atoms with Crippen LogP contribution in [-0.4, -0.2) is 22.6 Å². The number of hydrogen-bond acceptors (Lipinski definition) is 3. The van der Waals surface area contributed by atoms with E-state index in [9.17, 15) is 14.4 Å². The summed E-state index contributed by atoms with van der Waals surface area (Å²) in [7, 11) is 0. The van der Waals surface area contributed by atoms with Gasteiger partial charge in [-0.05, 0) is 36.3 Å². The van der Waals surface area contributed by atoms with Crippen LogP contribution in [0.3, 0.4) is 0 Å². The summed E-state index contributed by atoms with van der Waals surface area (Å²) in [6.07, 6.45) is 3.58. The smallest absolute Gasteiger partial charge is 0.269 e. The van der Waals surface area contributed by atoms with Crippen LogP contribution in [0.1, 0.15) is 46.4 Å². The van der Waals surface area contributed by atoms with E-state index in [0.717, 1.165) is 16.7 Å². The van der Waals surface area contributed by atoms with Crippen LogP contribution in [0.5, 0.6) is 0 Å². The van der Waals surface area contributed by atoms with Crippen molar-refractivity contribution >= 4 is 23.8 Å². The van der Waals surface area contributed by atoms with Crippen molar-refractivity contribution in [1.82, 2.24) is 15.8 Å². The SMILES string of the molecule is CC(=O)N1C=Cc2ccccc2[C@@H]1CC(=O)NNC(=O)c1ccc(C)cc1. The van der Waals surface area contributed by atoms with Crippen LogP contribution in [0, 0.1) is 6.92 Å². The average Bonchev–Trinajstić information content (AvgIpc) is 2.66. The fourth-order valence-corrected chi connectivity index (χ4v) is 3.04. The summed E-state index contributed by atoms with van der Waals surface area (Å²) in [5.74, 6) is -0.922. The van der Waals surface area contributed by atoms with Crippen molar-refractivity contribution < 1.29 is 14.4 Å². The summed E-state index contributed by atoms with van der Waals surface area (Å²) in [6.45, 7) is 3.39. The van der Waals surface area contributed by atoms with Gasteiger partial charge < -0.3 is 4.90 Å². The Morgan fingerprint density at radius 1 is 1.00 bits per heavy atom. The van der Waals surface area contributed by atoms with Gasteiger partial charge in [-0.15, -0.1) is 0 Å². The molecule has 1 heterocycles. The summed E-state index contributed by atoms with van der Waals surface area (Å²) in [5, 5.41) is 0. The molecule has 1 aliphatic heterocycles. The zero-order valence-electron chi connectivity index (χ0n) is 15.2. The zero-order chi connectivity index (χ0) is 19.4. The Kier molecular flexibility index (Phi) is 5.35. The predicted octanol–water partition coefficient (Wildman–Crippen LogP) is 2.72. The maximum absolute atomic E-state index is 12.4. The normalized spacial score (nSPS) is 15.0. The molecule has 1 aliphatic rings. The molecule has 2 aromatic rings. The number of nitrogens with zero attached hydrogens (tertiary/aromatic N) is 1. The fraction of sp³-hybridized carbons (Fsp3) is 0.190. The van der Waals surface area contributed by atoms with Gasteiger partial charge in [0.15, 0.2) is 0 Å². The number of carbonyl (C=O) groups excluding carboxylic acids is 3. The molecule has 0 unspecified atom stereocenters. The van der Waals surface area contributed by atoms with E-state index in [1.54, 1.807) is 18.3 Å². The molecule has 0 aromatic heterocycles. The first kappa shape index (κ1) is 18.4. The van der Waals surface area contributed by atoms with Gasteiger partial charge in [0, 0.05) is 18.7 Å². The number of hydrazine groups is 1. The lowest BCUT2D eigenvalue weighted by molar-refractivity contribution is -0.130. The van der Waals surface area contributed by atoms with Crippen molar-refractivity contribution in [3.8, 4) is 0 Å². The zero-order valence-corrected chi connectivity index (χ0v) is 15.2. The lowest BCUT2D eigenvalue weighted by Gasteiger charge is -2.32. The fourth-order valence-electron chi connectivity index (χ4n) is 3.04. The summed E-state index contributed by atoms with van der Waals surface area (Å²) in [6, 6.07) is 14.2. The number of benzene rings is 2. The quantitative estimate of drug-likeness (QED) is 0.823. The molecule has 138 valence electrons. The van der Waals surface area contributed by atoms with E-state index >= 15 is 0 Å². The molecule has 0 fully saturated rings. The standard InChI is InChI=1S/C21H21N3O3/c1-14-7-9-17(10-8-14)21(27)23-22-20(26)13-19-18-6-4-3-5-16(18)11-12-24(19)15(2)25/h3-12,19H,13H2,1-2H3,(H,22,26)(H,23,27)/t19-/m0/s1. The number of aryl methyl sites for hydroxylation is 1. The summed E-state index contributed by atoms with van der Waals surface area (Å²) < 4.78 is 0. The first-order valence-electron chi connectivity index (χ1n) is 8.67. The molecule has 3 rings (SSSR count). The van der Waals surface area contributed by atoms with Crippen molar-refractivity contribution in [3.05, 3.63) is 77.0 Å². The second-order valence-corrected chi connectivity index (χ2v) is 6.46.